The highest BCUT2D eigenvalue weighted by Crippen LogP contribution is 2.62. The van der Waals surface area contributed by atoms with Crippen LogP contribution in [0.4, 0.5) is 0 Å². The van der Waals surface area contributed by atoms with Crippen molar-refractivity contribution in [3.8, 4) is 11.5 Å². The van der Waals surface area contributed by atoms with Crippen LogP contribution in [0.1, 0.15) is 27.9 Å². The quantitative estimate of drug-likeness (QED) is 0.628. The van der Waals surface area contributed by atoms with Gasteiger partial charge in [0, 0.05) is 28.5 Å². The van der Waals surface area contributed by atoms with Gasteiger partial charge in [-0.1, -0.05) is 48.6 Å². The maximum absolute atomic E-state index is 12.5. The highest BCUT2D eigenvalue weighted by Gasteiger charge is 2.64. The molecule has 2 heterocycles. The van der Waals surface area contributed by atoms with Gasteiger partial charge in [-0.3, -0.25) is 4.79 Å². The number of likely N-dealkylation sites (N-methyl/N-ethyl adjacent to an activating group) is 1. The molecule has 154 valence electrons. The number of carbonyl (C=O) groups is 1. The first-order chi connectivity index (χ1) is 14.6. The van der Waals surface area contributed by atoms with E-state index in [1.807, 2.05) is 30.3 Å². The number of rotatable bonds is 4. The van der Waals surface area contributed by atoms with Gasteiger partial charge >= 0.3 is 0 Å². The molecule has 5 heteroatoms. The Morgan fingerprint density at radius 2 is 2.07 bits per heavy atom. The van der Waals surface area contributed by atoms with Crippen LogP contribution in [-0.4, -0.2) is 54.2 Å². The van der Waals surface area contributed by atoms with Crippen molar-refractivity contribution in [3.63, 3.8) is 0 Å². The third-order valence-electron chi connectivity index (χ3n) is 7.59. The smallest absolute Gasteiger partial charge is 0.200 e. The summed E-state index contributed by atoms with van der Waals surface area (Å²) >= 11 is 0. The second-order valence-corrected chi connectivity index (χ2v) is 8.99. The SMILES string of the molecule is CN1CC[C@]23c4c5ccc(OCC(=O)c6ccccc6)c4O[C@H]2[C@@H](O)C=C[C@H]3[C@H]1C5. The van der Waals surface area contributed by atoms with E-state index in [9.17, 15) is 9.90 Å². The average Bonchev–Trinajstić information content (AvgIpc) is 3.13. The Morgan fingerprint density at radius 3 is 2.90 bits per heavy atom. The van der Waals surface area contributed by atoms with Gasteiger partial charge in [-0.05, 0) is 38.1 Å². The number of hydrogen-bond acceptors (Lipinski definition) is 5. The fraction of sp³-hybridized carbons (Fsp3) is 0.400. The van der Waals surface area contributed by atoms with E-state index in [0.29, 0.717) is 23.3 Å². The van der Waals surface area contributed by atoms with Gasteiger partial charge in [0.15, 0.2) is 23.9 Å². The van der Waals surface area contributed by atoms with Crippen molar-refractivity contribution in [1.82, 2.24) is 4.90 Å². The number of likely N-dealkylation sites (tertiary alicyclic amines) is 1. The molecule has 0 unspecified atom stereocenters. The van der Waals surface area contributed by atoms with Crippen LogP contribution in [0.15, 0.2) is 54.6 Å². The molecule has 2 aromatic rings. The number of carbonyl (C=O) groups excluding carboxylic acids is 1. The van der Waals surface area contributed by atoms with E-state index in [4.69, 9.17) is 9.47 Å². The molecule has 0 saturated carbocycles. The third-order valence-corrected chi connectivity index (χ3v) is 7.59. The molecule has 0 radical (unpaired) electrons. The van der Waals surface area contributed by atoms with Crippen LogP contribution < -0.4 is 9.47 Å². The number of hydrogen-bond donors (Lipinski definition) is 1. The lowest BCUT2D eigenvalue weighted by Gasteiger charge is -2.56. The lowest BCUT2D eigenvalue weighted by Crippen LogP contribution is -2.64. The minimum atomic E-state index is -0.637. The molecule has 30 heavy (non-hydrogen) atoms. The van der Waals surface area contributed by atoms with E-state index in [1.54, 1.807) is 12.1 Å². The number of ether oxygens (including phenoxy) is 2. The molecule has 1 N–H and O–H groups in total. The van der Waals surface area contributed by atoms with Crippen LogP contribution in [-0.2, 0) is 11.8 Å². The van der Waals surface area contributed by atoms with Gasteiger partial charge in [0.25, 0.3) is 0 Å². The monoisotopic (exact) mass is 403 g/mol. The lowest BCUT2D eigenvalue weighted by atomic mass is 9.53. The summed E-state index contributed by atoms with van der Waals surface area (Å²) in [5.41, 5.74) is 2.91. The Kier molecular flexibility index (Phi) is 3.89. The van der Waals surface area contributed by atoms with Crippen molar-refractivity contribution in [3.05, 3.63) is 71.3 Å². The average molecular weight is 403 g/mol. The predicted molar refractivity (Wildman–Crippen MR) is 112 cm³/mol. The first-order valence-corrected chi connectivity index (χ1v) is 10.7. The topological polar surface area (TPSA) is 59.0 Å². The van der Waals surface area contributed by atoms with Crippen LogP contribution in [0.25, 0.3) is 0 Å². The molecule has 6 rings (SSSR count). The second kappa shape index (κ2) is 6.43. The van der Waals surface area contributed by atoms with Crippen molar-refractivity contribution in [2.45, 2.75) is 36.5 Å². The summed E-state index contributed by atoms with van der Waals surface area (Å²) in [6.45, 7) is 0.949. The van der Waals surface area contributed by atoms with Crippen molar-refractivity contribution in [1.29, 1.82) is 0 Å². The number of Topliss-reactive ketones (excluding diaryl/α,β-unsaturated/α-hetero) is 1. The largest absolute Gasteiger partial charge is 0.482 e. The molecule has 0 amide bonds. The Hall–Kier alpha value is -2.63. The van der Waals surface area contributed by atoms with Crippen LogP contribution in [0, 0.1) is 5.92 Å². The van der Waals surface area contributed by atoms with Crippen LogP contribution in [0.3, 0.4) is 0 Å². The van der Waals surface area contributed by atoms with Gasteiger partial charge in [-0.2, -0.15) is 0 Å². The van der Waals surface area contributed by atoms with Gasteiger partial charge in [-0.15, -0.1) is 0 Å². The molecular weight excluding hydrogens is 378 g/mol. The van der Waals surface area contributed by atoms with E-state index in [0.717, 1.165) is 25.1 Å². The Labute approximate surface area is 175 Å². The fourth-order valence-electron chi connectivity index (χ4n) is 6.19. The molecule has 4 aliphatic rings. The fourth-order valence-corrected chi connectivity index (χ4v) is 6.19. The van der Waals surface area contributed by atoms with Crippen molar-refractivity contribution in [2.75, 3.05) is 20.2 Å². The number of benzene rings is 2. The zero-order valence-corrected chi connectivity index (χ0v) is 17.0. The summed E-state index contributed by atoms with van der Waals surface area (Å²) in [6, 6.07) is 13.7. The molecule has 0 aromatic heterocycles. The molecule has 1 spiro atoms. The van der Waals surface area contributed by atoms with Crippen LogP contribution in [0.5, 0.6) is 11.5 Å². The van der Waals surface area contributed by atoms with E-state index >= 15 is 0 Å². The van der Waals surface area contributed by atoms with Crippen molar-refractivity contribution in [2.24, 2.45) is 5.92 Å². The summed E-state index contributed by atoms with van der Waals surface area (Å²) in [5.74, 6) is 1.59. The first-order valence-electron chi connectivity index (χ1n) is 10.7. The Bertz CT molecular complexity index is 1050. The van der Waals surface area contributed by atoms with E-state index in [2.05, 4.69) is 24.1 Å². The predicted octanol–water partition coefficient (Wildman–Crippen LogP) is 2.75. The summed E-state index contributed by atoms with van der Waals surface area (Å²) in [7, 11) is 2.19. The molecule has 2 bridgehead atoms. The number of ketones is 1. The molecule has 2 aliphatic heterocycles. The zero-order valence-electron chi connectivity index (χ0n) is 17.0. The lowest BCUT2D eigenvalue weighted by molar-refractivity contribution is -0.0453. The summed E-state index contributed by atoms with van der Waals surface area (Å²) in [5, 5.41) is 10.8. The van der Waals surface area contributed by atoms with Gasteiger partial charge in [-0.25, -0.2) is 0 Å². The summed E-state index contributed by atoms with van der Waals surface area (Å²) < 4.78 is 12.4. The maximum atomic E-state index is 12.5. The van der Waals surface area contributed by atoms with Gasteiger partial charge < -0.3 is 19.5 Å². The molecule has 1 fully saturated rings. The molecule has 1 saturated heterocycles. The normalized spacial score (nSPS) is 33.0. The standard InChI is InChI=1S/C25H25NO4/c1-26-12-11-25-17-8-9-19(27)24(25)30-23-21(10-7-16(22(23)25)13-18(17)26)29-14-20(28)15-5-3-2-4-6-15/h2-10,17-19,24,27H,11-14H2,1H3/t17-,18+,19-,24-,25-/m0/s1. The molecular formula is C25H25NO4. The second-order valence-electron chi connectivity index (χ2n) is 8.99. The van der Waals surface area contributed by atoms with Crippen LogP contribution in [0.2, 0.25) is 0 Å². The minimum Gasteiger partial charge on any atom is -0.482 e. The molecule has 5 nitrogen and oxygen atoms in total. The molecule has 5 atom stereocenters. The third kappa shape index (κ3) is 2.33. The first kappa shape index (κ1) is 18.2. The number of piperidine rings is 1. The van der Waals surface area contributed by atoms with Crippen molar-refractivity contribution >= 4 is 5.78 Å². The van der Waals surface area contributed by atoms with Gasteiger partial charge in [0.2, 0.25) is 0 Å². The highest BCUT2D eigenvalue weighted by molar-refractivity contribution is 5.97. The molecule has 2 aromatic carbocycles. The van der Waals surface area contributed by atoms with E-state index in [-0.39, 0.29) is 23.9 Å². The summed E-state index contributed by atoms with van der Waals surface area (Å²) in [6.07, 6.45) is 5.08. The van der Waals surface area contributed by atoms with Crippen LogP contribution >= 0.6 is 0 Å². The van der Waals surface area contributed by atoms with Crippen molar-refractivity contribution < 1.29 is 19.4 Å². The van der Waals surface area contributed by atoms with Gasteiger partial charge in [0.05, 0.1) is 0 Å². The molecule has 2 aliphatic carbocycles. The Balaban J connectivity index is 1.39. The zero-order chi connectivity index (χ0) is 20.5. The van der Waals surface area contributed by atoms with Gasteiger partial charge in [0.1, 0.15) is 12.2 Å². The number of nitrogens with zero attached hydrogens (tertiary/aromatic N) is 1. The van der Waals surface area contributed by atoms with E-state index in [1.165, 1.54) is 11.1 Å². The van der Waals surface area contributed by atoms with E-state index < -0.39 is 6.10 Å². The number of aliphatic hydroxyl groups excluding tert-OH is 1. The maximum Gasteiger partial charge on any atom is 0.200 e. The number of aliphatic hydroxyl groups is 1. The Morgan fingerprint density at radius 1 is 1.23 bits per heavy atom. The highest BCUT2D eigenvalue weighted by atomic mass is 16.5. The minimum absolute atomic E-state index is 0.0353. The summed E-state index contributed by atoms with van der Waals surface area (Å²) in [4.78, 5) is 15.0.